The van der Waals surface area contributed by atoms with Gasteiger partial charge >= 0.3 is 5.97 Å². The van der Waals surface area contributed by atoms with E-state index in [1.165, 1.54) is 0 Å². The van der Waals surface area contributed by atoms with Crippen LogP contribution in [0.4, 0.5) is 0 Å². The van der Waals surface area contributed by atoms with E-state index in [0.717, 1.165) is 11.1 Å². The number of esters is 1. The third-order valence-electron chi connectivity index (χ3n) is 3.86. The normalized spacial score (nSPS) is 21.6. The minimum absolute atomic E-state index is 0.0489. The van der Waals surface area contributed by atoms with E-state index in [1.54, 1.807) is 19.1 Å². The average molecular weight is 369 g/mol. The number of ether oxygens (including phenoxy) is 2. The Hall–Kier alpha value is -2.09. The number of carbonyl (C=O) groups is 2. The first-order valence-corrected chi connectivity index (χ1v) is 9.77. The average Bonchev–Trinajstić information content (AvgIpc) is 2.75. The monoisotopic (exact) mass is 369 g/mol. The van der Waals surface area contributed by atoms with E-state index in [2.05, 4.69) is 5.32 Å². The molecule has 1 amide bonds. The van der Waals surface area contributed by atoms with E-state index >= 15 is 0 Å². The number of amides is 1. The second kappa shape index (κ2) is 7.43. The number of aryl methyl sites for hydroxylation is 2. The Kier molecular flexibility index (Phi) is 5.72. The molecule has 1 heterocycles. The maximum atomic E-state index is 11.9. The molecule has 1 saturated heterocycles. The molecule has 0 unspecified atom stereocenters. The Morgan fingerprint density at radius 1 is 1.16 bits per heavy atom. The lowest BCUT2D eigenvalue weighted by Gasteiger charge is -2.23. The van der Waals surface area contributed by atoms with Crippen molar-refractivity contribution >= 4 is 21.7 Å². The van der Waals surface area contributed by atoms with Crippen LogP contribution in [0.3, 0.4) is 0 Å². The number of sulfone groups is 1. The van der Waals surface area contributed by atoms with E-state index < -0.39 is 33.9 Å². The Balaban J connectivity index is 1.75. The van der Waals surface area contributed by atoms with Crippen LogP contribution in [0.15, 0.2) is 18.2 Å². The van der Waals surface area contributed by atoms with Gasteiger partial charge in [-0.1, -0.05) is 6.07 Å². The van der Waals surface area contributed by atoms with Crippen molar-refractivity contribution in [3.63, 3.8) is 0 Å². The molecule has 7 nitrogen and oxygen atoms in total. The van der Waals surface area contributed by atoms with Crippen molar-refractivity contribution in [2.75, 3.05) is 24.7 Å². The number of hydrogen-bond acceptors (Lipinski definition) is 6. The number of benzene rings is 1. The molecule has 1 aliphatic heterocycles. The van der Waals surface area contributed by atoms with Gasteiger partial charge in [-0.05, 0) is 50.5 Å². The topological polar surface area (TPSA) is 98.8 Å². The second-order valence-electron chi connectivity index (χ2n) is 6.72. The molecule has 25 heavy (non-hydrogen) atoms. The molecule has 0 radical (unpaired) electrons. The lowest BCUT2D eigenvalue weighted by molar-refractivity contribution is -0.150. The molecule has 2 rings (SSSR count). The zero-order valence-electron chi connectivity index (χ0n) is 14.6. The summed E-state index contributed by atoms with van der Waals surface area (Å²) in [5, 5.41) is 2.62. The van der Waals surface area contributed by atoms with Crippen molar-refractivity contribution in [1.29, 1.82) is 0 Å². The summed E-state index contributed by atoms with van der Waals surface area (Å²) < 4.78 is 33.2. The molecule has 0 bridgehead atoms. The van der Waals surface area contributed by atoms with Gasteiger partial charge in [0.15, 0.2) is 23.1 Å². The summed E-state index contributed by atoms with van der Waals surface area (Å²) in [6, 6.07) is 5.59. The Bertz CT molecular complexity index is 753. The largest absolute Gasteiger partial charge is 0.482 e. The van der Waals surface area contributed by atoms with Crippen molar-refractivity contribution in [3.8, 4) is 5.75 Å². The van der Waals surface area contributed by atoms with Crippen LogP contribution >= 0.6 is 0 Å². The SMILES string of the molecule is Cc1cc(C)cc(OCC(=O)OCC(=O)N[C@@]2(C)CCS(=O)(=O)C2)c1. The van der Waals surface area contributed by atoms with Gasteiger partial charge in [-0.15, -0.1) is 0 Å². The Morgan fingerprint density at radius 2 is 1.80 bits per heavy atom. The van der Waals surface area contributed by atoms with Crippen molar-refractivity contribution in [2.45, 2.75) is 32.7 Å². The van der Waals surface area contributed by atoms with Crippen LogP contribution in [0, 0.1) is 13.8 Å². The fourth-order valence-corrected chi connectivity index (χ4v) is 4.92. The summed E-state index contributed by atoms with van der Waals surface area (Å²) >= 11 is 0. The summed E-state index contributed by atoms with van der Waals surface area (Å²) in [5.74, 6) is -0.691. The van der Waals surface area contributed by atoms with Gasteiger partial charge in [-0.3, -0.25) is 4.79 Å². The third kappa shape index (κ3) is 6.04. The van der Waals surface area contributed by atoms with Gasteiger partial charge < -0.3 is 14.8 Å². The van der Waals surface area contributed by atoms with Crippen molar-refractivity contribution < 1.29 is 27.5 Å². The van der Waals surface area contributed by atoms with Gasteiger partial charge in [0, 0.05) is 0 Å². The molecule has 1 fully saturated rings. The van der Waals surface area contributed by atoms with E-state index in [1.807, 2.05) is 19.9 Å². The van der Waals surface area contributed by atoms with Crippen LogP contribution in [-0.2, 0) is 24.2 Å². The van der Waals surface area contributed by atoms with Crippen LogP contribution < -0.4 is 10.1 Å². The molecule has 1 aliphatic rings. The van der Waals surface area contributed by atoms with Crippen molar-refractivity contribution in [1.82, 2.24) is 5.32 Å². The summed E-state index contributed by atoms with van der Waals surface area (Å²) in [5.41, 5.74) is 1.22. The molecular weight excluding hydrogens is 346 g/mol. The highest BCUT2D eigenvalue weighted by Gasteiger charge is 2.39. The molecule has 8 heteroatoms. The van der Waals surface area contributed by atoms with Gasteiger partial charge in [0.05, 0.1) is 17.0 Å². The van der Waals surface area contributed by atoms with Gasteiger partial charge in [-0.25, -0.2) is 13.2 Å². The zero-order valence-corrected chi connectivity index (χ0v) is 15.4. The van der Waals surface area contributed by atoms with Gasteiger partial charge in [-0.2, -0.15) is 0 Å². The number of rotatable bonds is 6. The van der Waals surface area contributed by atoms with Crippen LogP contribution in [0.25, 0.3) is 0 Å². The molecule has 1 aromatic carbocycles. The maximum Gasteiger partial charge on any atom is 0.344 e. The van der Waals surface area contributed by atoms with Gasteiger partial charge in [0.25, 0.3) is 5.91 Å². The van der Waals surface area contributed by atoms with Gasteiger partial charge in [0.1, 0.15) is 5.75 Å². The minimum Gasteiger partial charge on any atom is -0.482 e. The van der Waals surface area contributed by atoms with Crippen LogP contribution in [0.1, 0.15) is 24.5 Å². The first kappa shape index (κ1) is 19.2. The fourth-order valence-electron chi connectivity index (χ4n) is 2.83. The first-order valence-electron chi connectivity index (χ1n) is 7.95. The van der Waals surface area contributed by atoms with Gasteiger partial charge in [0.2, 0.25) is 0 Å². The lowest BCUT2D eigenvalue weighted by atomic mass is 10.0. The highest BCUT2D eigenvalue weighted by Crippen LogP contribution is 2.22. The smallest absolute Gasteiger partial charge is 0.344 e. The zero-order chi connectivity index (χ0) is 18.7. The molecule has 0 aromatic heterocycles. The molecule has 1 aromatic rings. The van der Waals surface area contributed by atoms with E-state index in [4.69, 9.17) is 9.47 Å². The summed E-state index contributed by atoms with van der Waals surface area (Å²) in [6.07, 6.45) is 0.352. The molecular formula is C17H23NO6S. The number of hydrogen-bond donors (Lipinski definition) is 1. The molecule has 0 aliphatic carbocycles. The molecule has 0 saturated carbocycles. The van der Waals surface area contributed by atoms with Crippen LogP contribution in [0.5, 0.6) is 5.75 Å². The standard InChI is InChI=1S/C17H23NO6S/c1-12-6-13(2)8-14(7-12)23-10-16(20)24-9-15(19)18-17(3)4-5-25(21,22)11-17/h6-8H,4-5,9-11H2,1-3H3,(H,18,19)/t17-/m0/s1. The lowest BCUT2D eigenvalue weighted by Crippen LogP contribution is -2.48. The minimum atomic E-state index is -3.12. The first-order chi connectivity index (χ1) is 11.6. The highest BCUT2D eigenvalue weighted by atomic mass is 32.2. The fraction of sp³-hybridized carbons (Fsp3) is 0.529. The van der Waals surface area contributed by atoms with E-state index in [-0.39, 0.29) is 18.1 Å². The molecule has 1 N–H and O–H groups in total. The van der Waals surface area contributed by atoms with Crippen LogP contribution in [0.2, 0.25) is 0 Å². The Labute approximate surface area is 147 Å². The predicted molar refractivity (Wildman–Crippen MR) is 92.2 cm³/mol. The number of nitrogens with one attached hydrogen (secondary N) is 1. The van der Waals surface area contributed by atoms with E-state index in [0.29, 0.717) is 12.2 Å². The second-order valence-corrected chi connectivity index (χ2v) is 8.91. The third-order valence-corrected chi connectivity index (χ3v) is 5.76. The predicted octanol–water partition coefficient (Wildman–Crippen LogP) is 0.919. The van der Waals surface area contributed by atoms with E-state index in [9.17, 15) is 18.0 Å². The summed E-state index contributed by atoms with van der Waals surface area (Å²) in [4.78, 5) is 23.5. The molecule has 138 valence electrons. The Morgan fingerprint density at radius 3 is 2.36 bits per heavy atom. The van der Waals surface area contributed by atoms with Crippen LogP contribution in [-0.4, -0.2) is 50.6 Å². The highest BCUT2D eigenvalue weighted by molar-refractivity contribution is 7.91. The quantitative estimate of drug-likeness (QED) is 0.749. The van der Waals surface area contributed by atoms with Crippen molar-refractivity contribution in [3.05, 3.63) is 29.3 Å². The molecule has 1 atom stereocenters. The van der Waals surface area contributed by atoms with Crippen molar-refractivity contribution in [2.24, 2.45) is 0 Å². The maximum absolute atomic E-state index is 11.9. The summed E-state index contributed by atoms with van der Waals surface area (Å²) in [6.45, 7) is 4.74. The summed E-state index contributed by atoms with van der Waals surface area (Å²) in [7, 11) is -3.12. The molecule has 0 spiro atoms. The number of carbonyl (C=O) groups excluding carboxylic acids is 2.